The number of unbranched alkanes of at least 4 members (excludes halogenated alkanes) is 2. The second-order valence-electron chi connectivity index (χ2n) is 3.35. The van der Waals surface area contributed by atoms with Gasteiger partial charge in [-0.2, -0.15) is 0 Å². The van der Waals surface area contributed by atoms with Gasteiger partial charge in [-0.05, 0) is 30.5 Å². The summed E-state index contributed by atoms with van der Waals surface area (Å²) in [4.78, 5) is 0.897. The zero-order valence-electron chi connectivity index (χ0n) is 8.09. The average Bonchev–Trinajstić information content (AvgIpc) is 2.12. The third-order valence-electron chi connectivity index (χ3n) is 2.16. The Kier molecular flexibility index (Phi) is 4.16. The Labute approximate surface area is 85.8 Å². The van der Waals surface area contributed by atoms with Crippen molar-refractivity contribution in [1.29, 1.82) is 0 Å². The molecule has 0 aliphatic carbocycles. The fourth-order valence-corrected chi connectivity index (χ4v) is 1.56. The summed E-state index contributed by atoms with van der Waals surface area (Å²) in [5.41, 5.74) is 7.77. The predicted molar refractivity (Wildman–Crippen MR) is 61.3 cm³/mol. The highest BCUT2D eigenvalue weighted by molar-refractivity contribution is 7.80. The summed E-state index contributed by atoms with van der Waals surface area (Å²) in [6.45, 7) is 2.22. The molecule has 72 valence electrons. The van der Waals surface area contributed by atoms with E-state index in [1.165, 1.54) is 24.8 Å². The molecule has 1 rings (SSSR count). The van der Waals surface area contributed by atoms with Crippen LogP contribution in [-0.2, 0) is 6.42 Å². The van der Waals surface area contributed by atoms with Crippen LogP contribution in [-0.4, -0.2) is 0 Å². The van der Waals surface area contributed by atoms with Gasteiger partial charge in [0.1, 0.15) is 0 Å². The van der Waals surface area contributed by atoms with E-state index in [0.29, 0.717) is 0 Å². The van der Waals surface area contributed by atoms with E-state index in [1.807, 2.05) is 6.07 Å². The van der Waals surface area contributed by atoms with Crippen molar-refractivity contribution < 1.29 is 0 Å². The number of hydrogen-bond acceptors (Lipinski definition) is 2. The number of rotatable bonds is 4. The van der Waals surface area contributed by atoms with Crippen molar-refractivity contribution in [2.75, 3.05) is 5.73 Å². The Hall–Kier alpha value is -0.630. The lowest BCUT2D eigenvalue weighted by Crippen LogP contribution is -1.90. The van der Waals surface area contributed by atoms with E-state index in [2.05, 4.69) is 31.7 Å². The van der Waals surface area contributed by atoms with E-state index in [1.54, 1.807) is 0 Å². The Bertz CT molecular complexity index is 271. The van der Waals surface area contributed by atoms with Gasteiger partial charge in [-0.1, -0.05) is 25.8 Å². The molecule has 0 spiro atoms. The number of benzene rings is 1. The molecule has 0 atom stereocenters. The molecule has 0 unspecified atom stereocenters. The van der Waals surface area contributed by atoms with E-state index >= 15 is 0 Å². The van der Waals surface area contributed by atoms with Gasteiger partial charge in [-0.25, -0.2) is 0 Å². The van der Waals surface area contributed by atoms with Crippen LogP contribution in [0, 0.1) is 0 Å². The van der Waals surface area contributed by atoms with Crippen LogP contribution in [0.25, 0.3) is 0 Å². The third kappa shape index (κ3) is 3.31. The maximum atomic E-state index is 5.67. The molecule has 0 aliphatic rings. The molecule has 0 aliphatic heterocycles. The van der Waals surface area contributed by atoms with Crippen molar-refractivity contribution in [3.05, 3.63) is 23.8 Å². The quantitative estimate of drug-likeness (QED) is 0.430. The van der Waals surface area contributed by atoms with Gasteiger partial charge in [0, 0.05) is 10.6 Å². The van der Waals surface area contributed by atoms with Crippen LogP contribution in [0.15, 0.2) is 23.1 Å². The smallest absolute Gasteiger partial charge is 0.0449 e. The van der Waals surface area contributed by atoms with Gasteiger partial charge >= 0.3 is 0 Å². The number of aryl methyl sites for hydroxylation is 1. The monoisotopic (exact) mass is 195 g/mol. The lowest BCUT2D eigenvalue weighted by atomic mass is 10.1. The standard InChI is InChI=1S/C11H17NS/c1-2-3-4-5-9-6-7-10(12)11(13)8-9/h6-8,13H,2-5,12H2,1H3. The van der Waals surface area contributed by atoms with Crippen molar-refractivity contribution in [3.63, 3.8) is 0 Å². The molecule has 0 saturated carbocycles. The second kappa shape index (κ2) is 5.18. The number of anilines is 1. The van der Waals surface area contributed by atoms with E-state index < -0.39 is 0 Å². The Morgan fingerprint density at radius 1 is 1.31 bits per heavy atom. The zero-order chi connectivity index (χ0) is 9.68. The van der Waals surface area contributed by atoms with Gasteiger partial charge in [0.05, 0.1) is 0 Å². The highest BCUT2D eigenvalue weighted by atomic mass is 32.1. The summed E-state index contributed by atoms with van der Waals surface area (Å²) < 4.78 is 0. The first-order valence-corrected chi connectivity index (χ1v) is 5.26. The molecule has 13 heavy (non-hydrogen) atoms. The Morgan fingerprint density at radius 3 is 2.69 bits per heavy atom. The fourth-order valence-electron chi connectivity index (χ4n) is 1.32. The summed E-state index contributed by atoms with van der Waals surface area (Å²) in [5, 5.41) is 0. The minimum atomic E-state index is 0.766. The molecule has 2 heteroatoms. The van der Waals surface area contributed by atoms with Gasteiger partial charge in [-0.15, -0.1) is 12.6 Å². The van der Waals surface area contributed by atoms with Crippen molar-refractivity contribution in [2.24, 2.45) is 0 Å². The van der Waals surface area contributed by atoms with Crippen LogP contribution in [0.5, 0.6) is 0 Å². The summed E-state index contributed by atoms with van der Waals surface area (Å²) in [5.74, 6) is 0. The van der Waals surface area contributed by atoms with Gasteiger partial charge in [-0.3, -0.25) is 0 Å². The average molecular weight is 195 g/mol. The van der Waals surface area contributed by atoms with Crippen LogP contribution in [0.2, 0.25) is 0 Å². The first-order chi connectivity index (χ1) is 6.24. The van der Waals surface area contributed by atoms with Crippen molar-refractivity contribution in [2.45, 2.75) is 37.5 Å². The fraction of sp³-hybridized carbons (Fsp3) is 0.455. The summed E-state index contributed by atoms with van der Waals surface area (Å²) >= 11 is 4.29. The molecule has 1 aromatic carbocycles. The van der Waals surface area contributed by atoms with Gasteiger partial charge in [0.2, 0.25) is 0 Å². The Morgan fingerprint density at radius 2 is 2.08 bits per heavy atom. The molecule has 1 nitrogen and oxygen atoms in total. The highest BCUT2D eigenvalue weighted by Crippen LogP contribution is 2.19. The van der Waals surface area contributed by atoms with Crippen LogP contribution < -0.4 is 5.73 Å². The normalized spacial score (nSPS) is 10.3. The number of nitrogen functional groups attached to an aromatic ring is 1. The lowest BCUT2D eigenvalue weighted by Gasteiger charge is -2.03. The molecule has 0 amide bonds. The van der Waals surface area contributed by atoms with E-state index in [9.17, 15) is 0 Å². The van der Waals surface area contributed by atoms with Gasteiger partial charge < -0.3 is 5.73 Å². The molecule has 0 saturated heterocycles. The molecular weight excluding hydrogens is 178 g/mol. The number of nitrogens with two attached hydrogens (primary N) is 1. The SMILES string of the molecule is CCCCCc1ccc(N)c(S)c1. The minimum absolute atomic E-state index is 0.766. The van der Waals surface area contributed by atoms with E-state index in [-0.39, 0.29) is 0 Å². The van der Waals surface area contributed by atoms with Crippen LogP contribution >= 0.6 is 12.6 Å². The maximum Gasteiger partial charge on any atom is 0.0449 e. The second-order valence-corrected chi connectivity index (χ2v) is 3.83. The number of thiol groups is 1. The van der Waals surface area contributed by atoms with E-state index in [0.717, 1.165) is 17.0 Å². The Balaban J connectivity index is 2.53. The van der Waals surface area contributed by atoms with Crippen molar-refractivity contribution in [1.82, 2.24) is 0 Å². The third-order valence-corrected chi connectivity index (χ3v) is 2.55. The molecule has 0 fully saturated rings. The van der Waals surface area contributed by atoms with Crippen LogP contribution in [0.4, 0.5) is 5.69 Å². The van der Waals surface area contributed by atoms with Crippen molar-refractivity contribution >= 4 is 18.3 Å². The summed E-state index contributed by atoms with van der Waals surface area (Å²) in [7, 11) is 0. The van der Waals surface area contributed by atoms with Crippen LogP contribution in [0.1, 0.15) is 31.7 Å². The van der Waals surface area contributed by atoms with Gasteiger partial charge in [0.25, 0.3) is 0 Å². The number of hydrogen-bond donors (Lipinski definition) is 2. The lowest BCUT2D eigenvalue weighted by molar-refractivity contribution is 0.717. The molecule has 0 heterocycles. The predicted octanol–water partition coefficient (Wildman–Crippen LogP) is 3.29. The summed E-state index contributed by atoms with van der Waals surface area (Å²) in [6, 6.07) is 6.09. The highest BCUT2D eigenvalue weighted by Gasteiger charge is 1.96. The van der Waals surface area contributed by atoms with Crippen LogP contribution in [0.3, 0.4) is 0 Å². The largest absolute Gasteiger partial charge is 0.398 e. The topological polar surface area (TPSA) is 26.0 Å². The first-order valence-electron chi connectivity index (χ1n) is 4.81. The van der Waals surface area contributed by atoms with E-state index in [4.69, 9.17) is 5.73 Å². The molecule has 0 bridgehead atoms. The first kappa shape index (κ1) is 10.5. The molecule has 0 radical (unpaired) electrons. The molecule has 0 aromatic heterocycles. The minimum Gasteiger partial charge on any atom is -0.398 e. The molecular formula is C11H17NS. The maximum absolute atomic E-state index is 5.67. The zero-order valence-corrected chi connectivity index (χ0v) is 8.98. The molecule has 2 N–H and O–H groups in total. The van der Waals surface area contributed by atoms with Crippen molar-refractivity contribution in [3.8, 4) is 0 Å². The van der Waals surface area contributed by atoms with Gasteiger partial charge in [0.15, 0.2) is 0 Å². The molecule has 1 aromatic rings. The summed E-state index contributed by atoms with van der Waals surface area (Å²) in [6.07, 6.45) is 4.96.